The predicted molar refractivity (Wildman–Crippen MR) is 592 cm³/mol. The molecule has 0 bridgehead atoms. The molecule has 11 aromatic carbocycles. The van der Waals surface area contributed by atoms with Crippen molar-refractivity contribution in [2.75, 3.05) is 62.5 Å². The SMILES string of the molecule is C=CC(=O)OCCCCCCOc1ccc(C(=O)Oc2ccc(-c3ccc(CCC)cc3)cc2/C=N/Nc2nc3ccccc3s2)cc1.C=CC(=O)OCCCCCCOc1ccc(C(=O)Oc2ccc(C3CCC(CCC)CC3)cc2/C=N/Nc2nc3ccccc3s2)cc1.C=CC(=O)OCCCCCCOc1ccc(C(=O)Oc2ccc(OC(=O)c3ccc(OCCCC)cc3)cc2/C=N/Nc2nc3ccccc3s2)cc1. The van der Waals surface area contributed by atoms with Gasteiger partial charge in [-0.25, -0.2) is 48.5 Å². The van der Waals surface area contributed by atoms with Gasteiger partial charge in [0.2, 0.25) is 15.4 Å². The molecule has 0 amide bonds. The molecule has 3 heterocycles. The molecule has 3 aromatic heterocycles. The molecule has 0 spiro atoms. The molecule has 1 fully saturated rings. The third-order valence-corrected chi connectivity index (χ3v) is 26.8. The zero-order valence-electron chi connectivity index (χ0n) is 84.2. The van der Waals surface area contributed by atoms with E-state index in [4.69, 9.17) is 52.1 Å². The lowest BCUT2D eigenvalue weighted by atomic mass is 9.77. The molecule has 14 aromatic rings. The Hall–Kier alpha value is -15.8. The number of carbonyl (C=O) groups is 7. The second-order valence-electron chi connectivity index (χ2n) is 35.0. The minimum atomic E-state index is -0.589. The lowest BCUT2D eigenvalue weighted by Gasteiger charge is -2.29. The van der Waals surface area contributed by atoms with Crippen molar-refractivity contribution in [1.82, 2.24) is 15.0 Å². The highest BCUT2D eigenvalue weighted by Crippen LogP contribution is 2.40. The molecule has 0 radical (unpaired) electrons. The number of aryl methyl sites for hydroxylation is 1. The molecule has 15 rings (SSSR count). The standard InChI is InChI=1S/C41H41N3O8S.C39H45N3O5S.C39H39N3O5S/c1-3-5-24-48-32-18-14-29(15-19-32)39(46)51-34-22-23-36(31(27-34)28-42-44-41-43-35-12-8-9-13-37(35)53-41)52-40(47)30-16-20-33(21-17-30)49-25-10-6-7-11-26-50-38(45)4-2;2*1-3-11-28-14-16-29(17-15-28)31-20-23-35(32(26-31)27-40-42-39-41-34-12-7-8-13-36(34)48-39)47-38(44)30-18-21-33(22-19-30)45-24-9-5-6-10-25-46-37(43)4-2/h4,8-9,12-23,27-28H,2-3,5-7,10-11,24-26H2,1H3,(H,43,44);4,7-8,12-13,18-23,26-29H,2-3,5-6,9-11,14-17,24-25H2,1H3,(H,41,42);4,7-8,12-23,26-27H,2-3,5-6,9-11,24-25H2,1H3,(H,41,42)/b42-28+;2*40-27+. The molecule has 149 heavy (non-hydrogen) atoms. The first-order chi connectivity index (χ1) is 72.9. The zero-order valence-corrected chi connectivity index (χ0v) is 86.6. The summed E-state index contributed by atoms with van der Waals surface area (Å²) in [5.41, 5.74) is 19.6. The molecular formula is C119H125N9O18S3. The van der Waals surface area contributed by atoms with Gasteiger partial charge in [-0.05, 0) is 326 Å². The second kappa shape index (κ2) is 60.3. The highest BCUT2D eigenvalue weighted by molar-refractivity contribution is 7.22. The van der Waals surface area contributed by atoms with Crippen LogP contribution in [0, 0.1) is 5.92 Å². The first-order valence-electron chi connectivity index (χ1n) is 50.6. The number of unbranched alkanes of at least 4 members (excludes halogenated alkanes) is 10. The van der Waals surface area contributed by atoms with Crippen LogP contribution in [0.1, 0.15) is 231 Å². The number of esters is 7. The minimum Gasteiger partial charge on any atom is -0.494 e. The van der Waals surface area contributed by atoms with E-state index < -0.39 is 35.8 Å². The molecule has 772 valence electrons. The Morgan fingerprint density at radius 3 is 1.04 bits per heavy atom. The quantitative estimate of drug-likeness (QED) is 0.00606. The van der Waals surface area contributed by atoms with Crippen LogP contribution in [0.4, 0.5) is 15.4 Å². The summed E-state index contributed by atoms with van der Waals surface area (Å²) in [4.78, 5) is 99.6. The van der Waals surface area contributed by atoms with Crippen molar-refractivity contribution in [3.8, 4) is 57.1 Å². The Balaban J connectivity index is 0.000000187. The van der Waals surface area contributed by atoms with Gasteiger partial charge in [0.15, 0.2) is 0 Å². The van der Waals surface area contributed by atoms with Crippen molar-refractivity contribution in [3.63, 3.8) is 0 Å². The second-order valence-corrected chi connectivity index (χ2v) is 38.1. The first-order valence-corrected chi connectivity index (χ1v) is 53.0. The Bertz CT molecular complexity index is 6720. The summed E-state index contributed by atoms with van der Waals surface area (Å²) >= 11 is 4.50. The van der Waals surface area contributed by atoms with Crippen LogP contribution in [0.3, 0.4) is 0 Å². The van der Waals surface area contributed by atoms with Crippen LogP contribution in [-0.4, -0.2) is 122 Å². The van der Waals surface area contributed by atoms with Crippen LogP contribution in [0.5, 0.6) is 46.0 Å². The number of fused-ring (bicyclic) bond motifs is 3. The number of hydrazone groups is 3. The zero-order chi connectivity index (χ0) is 104. The maximum Gasteiger partial charge on any atom is 0.343 e. The molecule has 3 N–H and O–H groups in total. The minimum absolute atomic E-state index is 0.206. The number of ether oxygens (including phenoxy) is 11. The van der Waals surface area contributed by atoms with E-state index in [-0.39, 0.29) is 17.5 Å². The molecule has 0 saturated heterocycles. The number of thiazole rings is 3. The molecule has 27 nitrogen and oxygen atoms in total. The normalized spacial score (nSPS) is 12.6. The van der Waals surface area contributed by atoms with Gasteiger partial charge in [-0.2, -0.15) is 15.3 Å². The third kappa shape index (κ3) is 36.4. The van der Waals surface area contributed by atoms with Crippen LogP contribution in [0.15, 0.2) is 302 Å². The Morgan fingerprint density at radius 2 is 0.671 bits per heavy atom. The topological polar surface area (TPSA) is 333 Å². The van der Waals surface area contributed by atoms with Crippen LogP contribution < -0.4 is 54.2 Å². The van der Waals surface area contributed by atoms with E-state index in [1.165, 1.54) is 102 Å². The maximum absolute atomic E-state index is 13.2. The Kier molecular flexibility index (Phi) is 44.7. The fourth-order valence-corrected chi connectivity index (χ4v) is 18.4. The number of anilines is 3. The van der Waals surface area contributed by atoms with Crippen molar-refractivity contribution in [2.24, 2.45) is 21.2 Å². The van der Waals surface area contributed by atoms with E-state index in [0.717, 1.165) is 162 Å². The van der Waals surface area contributed by atoms with Crippen molar-refractivity contribution in [1.29, 1.82) is 0 Å². The number of benzene rings is 11. The van der Waals surface area contributed by atoms with E-state index in [2.05, 4.69) is 123 Å². The molecular weight excluding hydrogens is 1940 g/mol. The largest absolute Gasteiger partial charge is 0.494 e. The van der Waals surface area contributed by atoms with Gasteiger partial charge in [-0.15, -0.1) is 0 Å². The number of carbonyl (C=O) groups excluding carboxylic acids is 7. The summed E-state index contributed by atoms with van der Waals surface area (Å²) < 4.78 is 64.6. The Labute approximate surface area is 880 Å². The van der Waals surface area contributed by atoms with Gasteiger partial charge in [-0.3, -0.25) is 16.3 Å². The molecule has 1 saturated carbocycles. The van der Waals surface area contributed by atoms with Crippen LogP contribution in [0.2, 0.25) is 0 Å². The first kappa shape index (κ1) is 110. The number of aromatic nitrogens is 3. The van der Waals surface area contributed by atoms with Crippen molar-refractivity contribution in [3.05, 3.63) is 337 Å². The highest BCUT2D eigenvalue weighted by atomic mass is 32.1. The molecule has 0 unspecified atom stereocenters. The Morgan fingerprint density at radius 1 is 0.336 bits per heavy atom. The highest BCUT2D eigenvalue weighted by Gasteiger charge is 2.25. The number of nitrogens with zero attached hydrogens (tertiary/aromatic N) is 6. The van der Waals surface area contributed by atoms with Gasteiger partial charge in [0.05, 0.1) is 118 Å². The number of hydrogen-bond acceptors (Lipinski definition) is 30. The number of hydrogen-bond donors (Lipinski definition) is 3. The average Bonchev–Trinajstić information content (AvgIpc) is 1.17. The molecule has 0 aliphatic heterocycles. The fraction of sp³-hybridized carbons (Fsp3) is 0.286. The van der Waals surface area contributed by atoms with Crippen molar-refractivity contribution < 1.29 is 85.7 Å². The monoisotopic (exact) mass is 2060 g/mol. The third-order valence-electron chi connectivity index (χ3n) is 23.9. The van der Waals surface area contributed by atoms with Crippen LogP contribution in [-0.2, 0) is 35.0 Å². The summed E-state index contributed by atoms with van der Waals surface area (Å²) in [5, 5.41) is 15.2. The lowest BCUT2D eigenvalue weighted by molar-refractivity contribution is -0.138. The van der Waals surface area contributed by atoms with E-state index >= 15 is 0 Å². The van der Waals surface area contributed by atoms with Gasteiger partial charge in [0.1, 0.15) is 46.0 Å². The number of nitrogens with one attached hydrogen (secondary N) is 3. The summed E-state index contributed by atoms with van der Waals surface area (Å²) in [6.45, 7) is 20.1. The summed E-state index contributed by atoms with van der Waals surface area (Å²) in [6.07, 6.45) is 30.5. The summed E-state index contributed by atoms with van der Waals surface area (Å²) in [5.74, 6) is 2.01. The van der Waals surface area contributed by atoms with Crippen molar-refractivity contribution >= 4 is 140 Å². The number of para-hydroxylation sites is 3. The summed E-state index contributed by atoms with van der Waals surface area (Å²) in [7, 11) is 0. The van der Waals surface area contributed by atoms with E-state index in [9.17, 15) is 33.6 Å². The fourth-order valence-electron chi connectivity index (χ4n) is 16.0. The lowest BCUT2D eigenvalue weighted by Crippen LogP contribution is -2.14. The molecule has 0 atom stereocenters. The van der Waals surface area contributed by atoms with E-state index in [1.807, 2.05) is 91.0 Å². The van der Waals surface area contributed by atoms with Gasteiger partial charge in [0.25, 0.3) is 0 Å². The smallest absolute Gasteiger partial charge is 0.343 e. The average molecular weight is 2070 g/mol. The summed E-state index contributed by atoms with van der Waals surface area (Å²) in [6, 6.07) is 76.0. The number of rotatable bonds is 54. The van der Waals surface area contributed by atoms with Crippen LogP contribution >= 0.6 is 34.0 Å². The van der Waals surface area contributed by atoms with E-state index in [0.29, 0.717) is 135 Å². The molecule has 1 aliphatic rings. The van der Waals surface area contributed by atoms with Gasteiger partial charge < -0.3 is 52.1 Å². The van der Waals surface area contributed by atoms with Gasteiger partial charge in [0, 0.05) is 34.9 Å². The van der Waals surface area contributed by atoms with E-state index in [1.54, 1.807) is 134 Å². The predicted octanol–water partition coefficient (Wildman–Crippen LogP) is 28.0. The van der Waals surface area contributed by atoms with Gasteiger partial charge in [-0.1, -0.05) is 173 Å². The van der Waals surface area contributed by atoms with Gasteiger partial charge >= 0.3 is 41.8 Å². The maximum atomic E-state index is 13.2. The van der Waals surface area contributed by atoms with Crippen LogP contribution in [0.25, 0.3) is 41.8 Å². The molecule has 1 aliphatic carbocycles. The molecule has 30 heteroatoms. The van der Waals surface area contributed by atoms with Crippen molar-refractivity contribution in [2.45, 2.75) is 168 Å².